The molecule has 0 aliphatic carbocycles. The van der Waals surface area contributed by atoms with Crippen molar-refractivity contribution in [3.05, 3.63) is 35.4 Å². The molecule has 116 valence electrons. The van der Waals surface area contributed by atoms with E-state index in [-0.39, 0.29) is 0 Å². The summed E-state index contributed by atoms with van der Waals surface area (Å²) >= 11 is 0. The summed E-state index contributed by atoms with van der Waals surface area (Å²) in [5.74, 6) is 0.734. The largest absolute Gasteiger partial charge is 0.298 e. The molecule has 2 heteroatoms. The van der Waals surface area contributed by atoms with Gasteiger partial charge in [-0.3, -0.25) is 9.80 Å². The SMILES string of the molecule is Cc1cccc(CN2CC3CCCCN3CC2C(C)C)c1. The standard InChI is InChI=1S/C19H30N2/c1-15(2)19-14-20-10-5-4-9-18(20)13-21(19)12-17-8-6-7-16(3)11-17/h6-8,11,15,18-19H,4-5,9-10,12-14H2,1-3H3. The van der Waals surface area contributed by atoms with Crippen molar-refractivity contribution in [2.45, 2.75) is 58.7 Å². The Morgan fingerprint density at radius 1 is 1.19 bits per heavy atom. The molecule has 2 aliphatic heterocycles. The minimum absolute atomic E-state index is 0.708. The number of hydrogen-bond donors (Lipinski definition) is 0. The van der Waals surface area contributed by atoms with E-state index >= 15 is 0 Å². The fourth-order valence-corrected chi connectivity index (χ4v) is 4.13. The van der Waals surface area contributed by atoms with Gasteiger partial charge in [0, 0.05) is 31.7 Å². The van der Waals surface area contributed by atoms with Crippen LogP contribution in [0.1, 0.15) is 44.2 Å². The van der Waals surface area contributed by atoms with Gasteiger partial charge in [-0.05, 0) is 37.8 Å². The second-order valence-electron chi connectivity index (χ2n) is 7.37. The lowest BCUT2D eigenvalue weighted by Crippen LogP contribution is -2.60. The zero-order valence-corrected chi connectivity index (χ0v) is 13.9. The van der Waals surface area contributed by atoms with Gasteiger partial charge in [-0.25, -0.2) is 0 Å². The lowest BCUT2D eigenvalue weighted by molar-refractivity contribution is -0.0118. The van der Waals surface area contributed by atoms with Gasteiger partial charge in [0.05, 0.1) is 0 Å². The predicted molar refractivity (Wildman–Crippen MR) is 89.4 cm³/mol. The number of fused-ring (bicyclic) bond motifs is 1. The Morgan fingerprint density at radius 2 is 2.05 bits per heavy atom. The van der Waals surface area contributed by atoms with Gasteiger partial charge >= 0.3 is 0 Å². The molecule has 0 N–H and O–H groups in total. The zero-order valence-electron chi connectivity index (χ0n) is 13.9. The van der Waals surface area contributed by atoms with Crippen molar-refractivity contribution in [3.8, 4) is 0 Å². The van der Waals surface area contributed by atoms with Gasteiger partial charge in [0.1, 0.15) is 0 Å². The third-order valence-corrected chi connectivity index (χ3v) is 5.32. The number of hydrogen-bond acceptors (Lipinski definition) is 2. The van der Waals surface area contributed by atoms with E-state index in [9.17, 15) is 0 Å². The molecule has 3 rings (SSSR count). The summed E-state index contributed by atoms with van der Waals surface area (Å²) in [6, 6.07) is 10.6. The van der Waals surface area contributed by atoms with E-state index in [1.165, 1.54) is 50.0 Å². The summed E-state index contributed by atoms with van der Waals surface area (Å²) in [7, 11) is 0. The van der Waals surface area contributed by atoms with Crippen LogP contribution in [0.4, 0.5) is 0 Å². The lowest BCUT2D eigenvalue weighted by Gasteiger charge is -2.50. The fraction of sp³-hybridized carbons (Fsp3) is 0.684. The van der Waals surface area contributed by atoms with Crippen LogP contribution in [-0.2, 0) is 6.54 Å². The highest BCUT2D eigenvalue weighted by Gasteiger charge is 2.35. The van der Waals surface area contributed by atoms with Crippen molar-refractivity contribution < 1.29 is 0 Å². The predicted octanol–water partition coefficient (Wildman–Crippen LogP) is 3.69. The van der Waals surface area contributed by atoms with Crippen LogP contribution in [0.15, 0.2) is 24.3 Å². The summed E-state index contributed by atoms with van der Waals surface area (Å²) in [5.41, 5.74) is 2.86. The average molecular weight is 286 g/mol. The maximum atomic E-state index is 2.76. The fourth-order valence-electron chi connectivity index (χ4n) is 4.13. The van der Waals surface area contributed by atoms with E-state index in [1.54, 1.807) is 0 Å². The molecule has 2 aliphatic rings. The maximum Gasteiger partial charge on any atom is 0.0250 e. The van der Waals surface area contributed by atoms with Crippen LogP contribution >= 0.6 is 0 Å². The maximum absolute atomic E-state index is 2.76. The number of piperidine rings is 1. The minimum atomic E-state index is 0.708. The quantitative estimate of drug-likeness (QED) is 0.836. The summed E-state index contributed by atoms with van der Waals surface area (Å²) < 4.78 is 0. The Morgan fingerprint density at radius 3 is 2.81 bits per heavy atom. The molecule has 0 saturated carbocycles. The Labute approximate surface area is 130 Å². The highest BCUT2D eigenvalue weighted by atomic mass is 15.3. The summed E-state index contributed by atoms with van der Waals surface area (Å²) in [6.45, 7) is 11.9. The molecule has 0 aromatic heterocycles. The molecule has 0 bridgehead atoms. The molecule has 2 fully saturated rings. The molecule has 1 aromatic rings. The van der Waals surface area contributed by atoms with Gasteiger partial charge in [-0.15, -0.1) is 0 Å². The molecule has 2 unspecified atom stereocenters. The topological polar surface area (TPSA) is 6.48 Å². The van der Waals surface area contributed by atoms with Gasteiger partial charge in [-0.2, -0.15) is 0 Å². The van der Waals surface area contributed by atoms with Crippen LogP contribution in [0.2, 0.25) is 0 Å². The smallest absolute Gasteiger partial charge is 0.0250 e. The molecule has 21 heavy (non-hydrogen) atoms. The molecular weight excluding hydrogens is 256 g/mol. The highest BCUT2D eigenvalue weighted by molar-refractivity contribution is 5.22. The third-order valence-electron chi connectivity index (χ3n) is 5.32. The second kappa shape index (κ2) is 6.50. The van der Waals surface area contributed by atoms with Gasteiger partial charge in [0.25, 0.3) is 0 Å². The van der Waals surface area contributed by atoms with E-state index in [4.69, 9.17) is 0 Å². The Kier molecular flexibility index (Phi) is 4.66. The van der Waals surface area contributed by atoms with Crippen molar-refractivity contribution in [2.24, 2.45) is 5.92 Å². The van der Waals surface area contributed by atoms with E-state index in [1.807, 2.05) is 0 Å². The Bertz CT molecular complexity index is 468. The average Bonchev–Trinajstić information content (AvgIpc) is 2.46. The Balaban J connectivity index is 1.74. The van der Waals surface area contributed by atoms with Crippen molar-refractivity contribution in [1.82, 2.24) is 9.80 Å². The van der Waals surface area contributed by atoms with Crippen LogP contribution in [0, 0.1) is 12.8 Å². The number of aryl methyl sites for hydroxylation is 1. The molecular formula is C19H30N2. The molecule has 0 amide bonds. The Hall–Kier alpha value is -0.860. The van der Waals surface area contributed by atoms with Crippen LogP contribution in [0.3, 0.4) is 0 Å². The highest BCUT2D eigenvalue weighted by Crippen LogP contribution is 2.28. The lowest BCUT2D eigenvalue weighted by atomic mass is 9.91. The van der Waals surface area contributed by atoms with Crippen LogP contribution in [-0.4, -0.2) is 41.5 Å². The number of rotatable bonds is 3. The van der Waals surface area contributed by atoms with Crippen molar-refractivity contribution >= 4 is 0 Å². The van der Waals surface area contributed by atoms with Crippen LogP contribution in [0.25, 0.3) is 0 Å². The number of nitrogens with zero attached hydrogens (tertiary/aromatic N) is 2. The van der Waals surface area contributed by atoms with E-state index in [0.717, 1.165) is 18.5 Å². The molecule has 2 nitrogen and oxygen atoms in total. The minimum Gasteiger partial charge on any atom is -0.298 e. The number of benzene rings is 1. The third kappa shape index (κ3) is 3.49. The van der Waals surface area contributed by atoms with Gasteiger partial charge < -0.3 is 0 Å². The van der Waals surface area contributed by atoms with E-state index in [0.29, 0.717) is 6.04 Å². The zero-order chi connectivity index (χ0) is 14.8. The first-order valence-electron chi connectivity index (χ1n) is 8.67. The van der Waals surface area contributed by atoms with Gasteiger partial charge in [0.15, 0.2) is 0 Å². The van der Waals surface area contributed by atoms with Crippen LogP contribution < -0.4 is 0 Å². The molecule has 1 aromatic carbocycles. The molecule has 2 saturated heterocycles. The van der Waals surface area contributed by atoms with Crippen LogP contribution in [0.5, 0.6) is 0 Å². The van der Waals surface area contributed by atoms with E-state index in [2.05, 4.69) is 54.8 Å². The van der Waals surface area contributed by atoms with Gasteiger partial charge in [-0.1, -0.05) is 50.1 Å². The molecule has 2 heterocycles. The first kappa shape index (κ1) is 15.1. The van der Waals surface area contributed by atoms with Crippen molar-refractivity contribution in [2.75, 3.05) is 19.6 Å². The summed E-state index contributed by atoms with van der Waals surface area (Å²) in [5, 5.41) is 0. The summed E-state index contributed by atoms with van der Waals surface area (Å²) in [4.78, 5) is 5.52. The first-order chi connectivity index (χ1) is 10.1. The molecule has 2 atom stereocenters. The normalized spacial score (nSPS) is 27.8. The van der Waals surface area contributed by atoms with Crippen molar-refractivity contribution in [3.63, 3.8) is 0 Å². The molecule has 0 spiro atoms. The second-order valence-corrected chi connectivity index (χ2v) is 7.37. The monoisotopic (exact) mass is 286 g/mol. The first-order valence-corrected chi connectivity index (χ1v) is 8.67. The molecule has 0 radical (unpaired) electrons. The number of piperazine rings is 1. The summed E-state index contributed by atoms with van der Waals surface area (Å²) in [6.07, 6.45) is 4.22. The van der Waals surface area contributed by atoms with Gasteiger partial charge in [0.2, 0.25) is 0 Å². The van der Waals surface area contributed by atoms with Crippen molar-refractivity contribution in [1.29, 1.82) is 0 Å². The van der Waals surface area contributed by atoms with E-state index < -0.39 is 0 Å².